The summed E-state index contributed by atoms with van der Waals surface area (Å²) >= 11 is 0. The van der Waals surface area contributed by atoms with Gasteiger partial charge in [-0.25, -0.2) is 9.78 Å². The van der Waals surface area contributed by atoms with Gasteiger partial charge in [-0.05, 0) is 20.3 Å². The van der Waals surface area contributed by atoms with E-state index < -0.39 is 22.2 Å². The zero-order valence-electron chi connectivity index (χ0n) is 10.3. The number of hydrogen-bond donors (Lipinski definition) is 1. The maximum absolute atomic E-state index is 10.9. The lowest BCUT2D eigenvalue weighted by Gasteiger charge is -2.23. The lowest BCUT2D eigenvalue weighted by molar-refractivity contribution is -0.386. The molecule has 0 atom stereocenters. The first-order valence-electron chi connectivity index (χ1n) is 5.33. The van der Waals surface area contributed by atoms with Crippen LogP contribution in [-0.4, -0.2) is 26.6 Å². The molecule has 98 valence electrons. The van der Waals surface area contributed by atoms with E-state index in [2.05, 4.69) is 4.98 Å². The van der Waals surface area contributed by atoms with Crippen LogP contribution in [0.2, 0.25) is 0 Å². The number of carbonyl (C=O) groups is 1. The minimum atomic E-state index is -1.27. The van der Waals surface area contributed by atoms with Crippen LogP contribution in [0.3, 0.4) is 0 Å². The van der Waals surface area contributed by atoms with Crippen LogP contribution in [-0.2, 0) is 0 Å². The van der Waals surface area contributed by atoms with Crippen molar-refractivity contribution >= 4 is 11.7 Å². The molecule has 0 aliphatic rings. The van der Waals surface area contributed by atoms with Crippen molar-refractivity contribution in [2.45, 2.75) is 32.8 Å². The average Bonchev–Trinajstić information content (AvgIpc) is 2.28. The Labute approximate surface area is 104 Å². The van der Waals surface area contributed by atoms with E-state index >= 15 is 0 Å². The first-order valence-corrected chi connectivity index (χ1v) is 5.33. The summed E-state index contributed by atoms with van der Waals surface area (Å²) < 4.78 is 5.43. The molecule has 1 aromatic rings. The first-order chi connectivity index (χ1) is 8.26. The van der Waals surface area contributed by atoms with E-state index in [1.54, 1.807) is 13.8 Å². The molecule has 0 aliphatic carbocycles. The molecule has 7 nitrogen and oxygen atoms in total. The molecule has 0 spiro atoms. The van der Waals surface area contributed by atoms with Gasteiger partial charge in [0.2, 0.25) is 0 Å². The van der Waals surface area contributed by atoms with Crippen LogP contribution in [0.1, 0.15) is 37.6 Å². The smallest absolute Gasteiger partial charge is 0.337 e. The number of carboxylic acids is 1. The van der Waals surface area contributed by atoms with Crippen molar-refractivity contribution in [3.8, 4) is 5.88 Å². The Bertz CT molecular complexity index is 484. The Morgan fingerprint density at radius 3 is 2.67 bits per heavy atom. The summed E-state index contributed by atoms with van der Waals surface area (Å²) in [5.41, 5.74) is -1.30. The summed E-state index contributed by atoms with van der Waals surface area (Å²) in [6.07, 6.45) is 1.67. The molecular formula is C11H14N2O5. The zero-order chi connectivity index (χ0) is 13.9. The summed E-state index contributed by atoms with van der Waals surface area (Å²) in [6.45, 7) is 5.41. The third kappa shape index (κ3) is 3.16. The highest BCUT2D eigenvalue weighted by atomic mass is 16.6. The third-order valence-corrected chi connectivity index (χ3v) is 2.50. The predicted molar refractivity (Wildman–Crippen MR) is 62.8 cm³/mol. The Morgan fingerprint density at radius 1 is 1.61 bits per heavy atom. The van der Waals surface area contributed by atoms with Gasteiger partial charge in [-0.2, -0.15) is 0 Å². The molecule has 0 aliphatic heterocycles. The number of carboxylic acid groups (broad SMARTS) is 1. The molecule has 0 bridgehead atoms. The van der Waals surface area contributed by atoms with E-state index in [4.69, 9.17) is 9.84 Å². The molecule has 0 aromatic carbocycles. The van der Waals surface area contributed by atoms with Crippen molar-refractivity contribution in [2.75, 3.05) is 0 Å². The van der Waals surface area contributed by atoms with Gasteiger partial charge in [0.05, 0.1) is 10.5 Å². The lowest BCUT2D eigenvalue weighted by Crippen LogP contribution is -2.27. The molecule has 0 saturated carbocycles. The van der Waals surface area contributed by atoms with Gasteiger partial charge in [0.15, 0.2) is 0 Å². The van der Waals surface area contributed by atoms with Gasteiger partial charge in [-0.3, -0.25) is 10.1 Å². The lowest BCUT2D eigenvalue weighted by atomic mass is 10.1. The highest BCUT2D eigenvalue weighted by molar-refractivity contribution is 5.88. The molecule has 0 fully saturated rings. The fraction of sp³-hybridized carbons (Fsp3) is 0.455. The molecule has 1 rings (SSSR count). The van der Waals surface area contributed by atoms with Gasteiger partial charge in [0, 0.05) is 12.3 Å². The largest absolute Gasteiger partial charge is 0.478 e. The van der Waals surface area contributed by atoms with Crippen LogP contribution in [0, 0.1) is 10.1 Å². The van der Waals surface area contributed by atoms with Crippen LogP contribution in [0.15, 0.2) is 12.3 Å². The van der Waals surface area contributed by atoms with Gasteiger partial charge in [0.1, 0.15) is 5.60 Å². The van der Waals surface area contributed by atoms with Crippen LogP contribution in [0.5, 0.6) is 5.88 Å². The van der Waals surface area contributed by atoms with E-state index in [1.807, 2.05) is 6.92 Å². The van der Waals surface area contributed by atoms with Crippen molar-refractivity contribution in [1.29, 1.82) is 0 Å². The fourth-order valence-electron chi connectivity index (χ4n) is 1.10. The summed E-state index contributed by atoms with van der Waals surface area (Å²) in [5, 5.41) is 19.6. The second-order valence-corrected chi connectivity index (χ2v) is 4.33. The maximum Gasteiger partial charge on any atom is 0.337 e. The second kappa shape index (κ2) is 4.99. The number of aromatic carboxylic acids is 1. The monoisotopic (exact) mass is 254 g/mol. The van der Waals surface area contributed by atoms with Gasteiger partial charge >= 0.3 is 11.7 Å². The average molecular weight is 254 g/mol. The van der Waals surface area contributed by atoms with E-state index in [1.165, 1.54) is 0 Å². The number of pyridine rings is 1. The van der Waals surface area contributed by atoms with Crippen LogP contribution in [0.4, 0.5) is 5.69 Å². The van der Waals surface area contributed by atoms with Gasteiger partial charge in [-0.15, -0.1) is 0 Å². The summed E-state index contributed by atoms with van der Waals surface area (Å²) in [6, 6.07) is 0.941. The Morgan fingerprint density at radius 2 is 2.22 bits per heavy atom. The third-order valence-electron chi connectivity index (χ3n) is 2.50. The highest BCUT2D eigenvalue weighted by Gasteiger charge is 2.26. The molecule has 1 N–H and O–H groups in total. The zero-order valence-corrected chi connectivity index (χ0v) is 10.3. The number of ether oxygens (including phenoxy) is 1. The van der Waals surface area contributed by atoms with Gasteiger partial charge in [-0.1, -0.05) is 6.92 Å². The first kappa shape index (κ1) is 13.9. The van der Waals surface area contributed by atoms with E-state index in [-0.39, 0.29) is 11.4 Å². The Kier molecular flexibility index (Phi) is 3.85. The molecule has 1 heterocycles. The number of hydrogen-bond acceptors (Lipinski definition) is 5. The van der Waals surface area contributed by atoms with E-state index in [0.29, 0.717) is 6.42 Å². The molecule has 0 unspecified atom stereocenters. The van der Waals surface area contributed by atoms with Crippen LogP contribution >= 0.6 is 0 Å². The van der Waals surface area contributed by atoms with Gasteiger partial charge < -0.3 is 9.84 Å². The van der Waals surface area contributed by atoms with Crippen molar-refractivity contribution in [3.05, 3.63) is 27.9 Å². The SMILES string of the molecule is CCC(C)(C)Oc1ncc(C(=O)O)cc1[N+](=O)[O-]. The van der Waals surface area contributed by atoms with Crippen molar-refractivity contribution in [2.24, 2.45) is 0 Å². The van der Waals surface area contributed by atoms with Crippen LogP contribution < -0.4 is 4.74 Å². The summed E-state index contributed by atoms with van der Waals surface area (Å²) in [4.78, 5) is 24.6. The van der Waals surface area contributed by atoms with Gasteiger partial charge in [0.25, 0.3) is 5.88 Å². The highest BCUT2D eigenvalue weighted by Crippen LogP contribution is 2.29. The molecule has 0 radical (unpaired) electrons. The number of rotatable bonds is 5. The quantitative estimate of drug-likeness (QED) is 0.638. The van der Waals surface area contributed by atoms with Crippen molar-refractivity contribution in [1.82, 2.24) is 4.98 Å². The second-order valence-electron chi connectivity index (χ2n) is 4.33. The number of nitro groups is 1. The Hall–Kier alpha value is -2.18. The molecular weight excluding hydrogens is 240 g/mol. The Balaban J connectivity index is 3.20. The van der Waals surface area contributed by atoms with Crippen LogP contribution in [0.25, 0.3) is 0 Å². The number of aromatic nitrogens is 1. The van der Waals surface area contributed by atoms with Crippen molar-refractivity contribution in [3.63, 3.8) is 0 Å². The molecule has 0 amide bonds. The minimum Gasteiger partial charge on any atom is -0.478 e. The molecule has 7 heteroatoms. The maximum atomic E-state index is 10.9. The number of nitrogens with zero attached hydrogens (tertiary/aromatic N) is 2. The molecule has 0 saturated heterocycles. The topological polar surface area (TPSA) is 103 Å². The predicted octanol–water partition coefficient (Wildman–Crippen LogP) is 2.26. The molecule has 1 aromatic heterocycles. The van der Waals surface area contributed by atoms with Crippen molar-refractivity contribution < 1.29 is 19.6 Å². The van der Waals surface area contributed by atoms with E-state index in [9.17, 15) is 14.9 Å². The standard InChI is InChI=1S/C11H14N2O5/c1-4-11(2,3)18-9-8(13(16)17)5-7(6-12-9)10(14)15/h5-6H,4H2,1-3H3,(H,14,15). The summed E-state index contributed by atoms with van der Waals surface area (Å²) in [5.74, 6) is -1.44. The normalized spacial score (nSPS) is 11.1. The minimum absolute atomic E-state index is 0.170. The fourth-order valence-corrected chi connectivity index (χ4v) is 1.10. The molecule has 18 heavy (non-hydrogen) atoms. The summed E-state index contributed by atoms with van der Waals surface area (Å²) in [7, 11) is 0. The van der Waals surface area contributed by atoms with E-state index in [0.717, 1.165) is 12.3 Å².